The summed E-state index contributed by atoms with van der Waals surface area (Å²) in [5.41, 5.74) is 15.0. The van der Waals surface area contributed by atoms with Crippen LogP contribution in [0.25, 0.3) is 16.6 Å². The number of aromatic nitrogens is 1. The summed E-state index contributed by atoms with van der Waals surface area (Å²) in [4.78, 5) is 0. The maximum absolute atomic E-state index is 11.3. The van der Waals surface area contributed by atoms with Crippen LogP contribution in [0.4, 0.5) is 0 Å². The number of nitrogens with zero attached hydrogens (tertiary/aromatic N) is 1. The van der Waals surface area contributed by atoms with Crippen molar-refractivity contribution in [1.82, 2.24) is 9.88 Å². The van der Waals surface area contributed by atoms with Gasteiger partial charge in [-0.1, -0.05) is 68.0 Å². The Morgan fingerprint density at radius 1 is 0.948 bits per heavy atom. The van der Waals surface area contributed by atoms with Crippen molar-refractivity contribution in [3.8, 4) is 23.3 Å². The number of aliphatic hydroxyl groups is 1. The first kappa shape index (κ1) is 37.7. The smallest absolute Gasteiger partial charge is 0.161 e. The highest BCUT2D eigenvalue weighted by Crippen LogP contribution is 2.60. The summed E-state index contributed by atoms with van der Waals surface area (Å²) in [7, 11) is 0. The zero-order valence-electron chi connectivity index (χ0n) is 33.8. The number of nitrogens with one attached hydrogen (secondary N) is 1. The van der Waals surface area contributed by atoms with Crippen molar-refractivity contribution in [3.63, 3.8) is 0 Å². The number of fused-ring (bicyclic) bond motifs is 10. The molecule has 8 heteroatoms. The molecule has 2 aliphatic carbocycles. The molecule has 4 aromatic rings. The molecule has 1 saturated heterocycles. The van der Waals surface area contributed by atoms with Crippen molar-refractivity contribution in [2.24, 2.45) is 17.6 Å². The number of dihydropyridines is 1. The van der Waals surface area contributed by atoms with E-state index >= 15 is 0 Å². The molecule has 302 valence electrons. The monoisotopic (exact) mass is 779 g/mol. The number of aliphatic hydroxyl groups excluding tert-OH is 1. The fourth-order valence-corrected chi connectivity index (χ4v) is 11.5. The van der Waals surface area contributed by atoms with Crippen LogP contribution in [0.5, 0.6) is 11.5 Å². The molecule has 2 fully saturated rings. The molecule has 10 rings (SSSR count). The fourth-order valence-electron chi connectivity index (χ4n) is 11.5. The molecule has 4 aliphatic heterocycles. The number of hydrogen-bond donors (Lipinski definition) is 4. The average molecular weight is 780 g/mol. The first-order chi connectivity index (χ1) is 28.3. The predicted octanol–water partition coefficient (Wildman–Crippen LogP) is 8.35. The van der Waals surface area contributed by atoms with Crippen LogP contribution in [-0.2, 0) is 33.3 Å². The fraction of sp³-hybridized carbons (Fsp3) is 0.480. The molecule has 0 radical (unpaired) electrons. The quantitative estimate of drug-likeness (QED) is 0.144. The number of aromatic hydroxyl groups is 1. The normalized spacial score (nSPS) is 29.5. The number of phenolic OH excluding ortho intramolecular Hbond substituents is 1. The molecule has 58 heavy (non-hydrogen) atoms. The van der Waals surface area contributed by atoms with Crippen LogP contribution in [0.2, 0.25) is 0 Å². The number of aryl methyl sites for hydroxylation is 1. The van der Waals surface area contributed by atoms with Crippen LogP contribution in [0.15, 0.2) is 84.2 Å². The highest BCUT2D eigenvalue weighted by molar-refractivity contribution is 5.88. The van der Waals surface area contributed by atoms with Gasteiger partial charge in [0, 0.05) is 52.3 Å². The number of rotatable bonds is 1. The number of benzene rings is 3. The Hall–Kier alpha value is -4.52. The molecule has 0 amide bonds. The van der Waals surface area contributed by atoms with E-state index in [-0.39, 0.29) is 35.2 Å². The van der Waals surface area contributed by atoms with Gasteiger partial charge in [0.25, 0.3) is 0 Å². The topological polar surface area (TPSA) is 111 Å². The standard InChI is InChI=1S/C50H57N3O5/c1-32-7-6-8-40-25-39(54)15-12-33-13-16-45(55)46(21-33)58-29-36-23-37(22-35-27-53(28-41(35)36)48-42(31-57-40)34(14-11-32)24-47(51)52-48)50-19-20-56-30-38(50)26-49(17-4-5-18-49)43-9-2-3-10-44(43)50/h2-3,9-10,13,16,21-24,27-28,32,38-40,47,52,54-55H,4-8,12,15,17-20,25-26,29-31,51H2,1H3/t32-,38-,39+,40-,47?,50-/m0/s1. The maximum atomic E-state index is 11.3. The minimum Gasteiger partial charge on any atom is -0.504 e. The first-order valence-corrected chi connectivity index (χ1v) is 21.8. The summed E-state index contributed by atoms with van der Waals surface area (Å²) in [6, 6.07) is 19.7. The molecule has 1 unspecified atom stereocenters. The van der Waals surface area contributed by atoms with Gasteiger partial charge in [0.1, 0.15) is 12.4 Å². The van der Waals surface area contributed by atoms with E-state index in [0.29, 0.717) is 44.1 Å². The lowest BCUT2D eigenvalue weighted by molar-refractivity contribution is -0.00873. The SMILES string of the molecule is C[C@@H]1C#CC2=CC(N)NC3=C2CO[C@@H](CCC1)C[C@H](O)CCc1ccc(O)c(c1)OCc1cc([C@@]24CCOC[C@@H]2CC2(CCCC2)c2ccccc24)cc2cn3cc12. The Balaban J connectivity index is 1.17. The molecular formula is C50H57N3O5. The minimum atomic E-state index is -0.535. The zero-order valence-corrected chi connectivity index (χ0v) is 33.8. The van der Waals surface area contributed by atoms with Gasteiger partial charge in [-0.15, -0.1) is 0 Å². The molecule has 1 saturated carbocycles. The minimum absolute atomic E-state index is 0.110. The van der Waals surface area contributed by atoms with E-state index in [1.165, 1.54) is 42.4 Å². The molecule has 6 aliphatic rings. The lowest BCUT2D eigenvalue weighted by atomic mass is 9.51. The lowest BCUT2D eigenvalue weighted by Gasteiger charge is -2.54. The molecule has 6 atom stereocenters. The molecule has 6 bridgehead atoms. The van der Waals surface area contributed by atoms with Crippen molar-refractivity contribution in [2.45, 2.75) is 120 Å². The highest BCUT2D eigenvalue weighted by Gasteiger charge is 2.55. The summed E-state index contributed by atoms with van der Waals surface area (Å²) < 4.78 is 21.9. The van der Waals surface area contributed by atoms with Crippen molar-refractivity contribution >= 4 is 16.6 Å². The van der Waals surface area contributed by atoms with E-state index < -0.39 is 12.3 Å². The van der Waals surface area contributed by atoms with Crippen LogP contribution in [-0.4, -0.2) is 53.0 Å². The lowest BCUT2D eigenvalue weighted by Crippen LogP contribution is -2.51. The second-order valence-corrected chi connectivity index (χ2v) is 18.2. The number of phenols is 1. The molecular weight excluding hydrogens is 723 g/mol. The van der Waals surface area contributed by atoms with Crippen LogP contribution in [0, 0.1) is 23.7 Å². The Kier molecular flexibility index (Phi) is 9.92. The van der Waals surface area contributed by atoms with E-state index in [1.807, 2.05) is 18.2 Å². The third-order valence-corrected chi connectivity index (χ3v) is 14.5. The van der Waals surface area contributed by atoms with E-state index in [1.54, 1.807) is 6.07 Å². The van der Waals surface area contributed by atoms with Crippen LogP contribution in [0.1, 0.15) is 105 Å². The molecule has 3 aromatic carbocycles. The zero-order chi connectivity index (χ0) is 39.4. The third kappa shape index (κ3) is 6.74. The number of ether oxygens (including phenoxy) is 3. The van der Waals surface area contributed by atoms with Crippen LogP contribution < -0.4 is 15.8 Å². The van der Waals surface area contributed by atoms with Gasteiger partial charge < -0.3 is 40.0 Å². The van der Waals surface area contributed by atoms with Gasteiger partial charge in [-0.25, -0.2) is 0 Å². The third-order valence-electron chi connectivity index (χ3n) is 14.5. The van der Waals surface area contributed by atoms with E-state index in [4.69, 9.17) is 19.9 Å². The summed E-state index contributed by atoms with van der Waals surface area (Å²) in [6.07, 6.45) is 17.0. The molecule has 8 nitrogen and oxygen atoms in total. The number of hydrogen-bond acceptors (Lipinski definition) is 7. The van der Waals surface area contributed by atoms with E-state index in [0.717, 1.165) is 77.6 Å². The van der Waals surface area contributed by atoms with E-state index in [2.05, 4.69) is 77.4 Å². The molecule has 5 N–H and O–H groups in total. The van der Waals surface area contributed by atoms with Gasteiger partial charge in [0.05, 0.1) is 31.6 Å². The largest absolute Gasteiger partial charge is 0.504 e. The van der Waals surface area contributed by atoms with Crippen LogP contribution in [0.3, 0.4) is 0 Å². The Morgan fingerprint density at radius 3 is 2.69 bits per heavy atom. The average Bonchev–Trinajstić information content (AvgIpc) is 3.88. The van der Waals surface area contributed by atoms with Crippen LogP contribution >= 0.6 is 0 Å². The van der Waals surface area contributed by atoms with E-state index in [9.17, 15) is 10.2 Å². The van der Waals surface area contributed by atoms with Gasteiger partial charge in [-0.3, -0.25) is 0 Å². The van der Waals surface area contributed by atoms with Crippen molar-refractivity contribution in [2.75, 3.05) is 19.8 Å². The van der Waals surface area contributed by atoms with Crippen molar-refractivity contribution in [3.05, 3.63) is 112 Å². The first-order valence-electron chi connectivity index (χ1n) is 21.8. The number of nitrogens with two attached hydrogens (primary N) is 1. The van der Waals surface area contributed by atoms with Gasteiger partial charge in [0.15, 0.2) is 11.5 Å². The summed E-state index contributed by atoms with van der Waals surface area (Å²) in [5, 5.41) is 28.2. The maximum Gasteiger partial charge on any atom is 0.161 e. The van der Waals surface area contributed by atoms with Gasteiger partial charge in [0.2, 0.25) is 0 Å². The second-order valence-electron chi connectivity index (χ2n) is 18.2. The Morgan fingerprint density at radius 2 is 1.81 bits per heavy atom. The van der Waals surface area contributed by atoms with Gasteiger partial charge >= 0.3 is 0 Å². The molecule has 1 spiro atoms. The molecule has 1 aromatic heterocycles. The van der Waals surface area contributed by atoms with Gasteiger partial charge in [-0.2, -0.15) is 0 Å². The van der Waals surface area contributed by atoms with Crippen molar-refractivity contribution < 1.29 is 24.4 Å². The van der Waals surface area contributed by atoms with Gasteiger partial charge in [-0.05, 0) is 128 Å². The molecule has 5 heterocycles. The summed E-state index contributed by atoms with van der Waals surface area (Å²) in [5.74, 6) is 9.02. The highest BCUT2D eigenvalue weighted by atomic mass is 16.5. The second kappa shape index (κ2) is 15.3. The van der Waals surface area contributed by atoms with Crippen molar-refractivity contribution in [1.29, 1.82) is 0 Å². The Labute approximate surface area is 342 Å². The summed E-state index contributed by atoms with van der Waals surface area (Å²) in [6.45, 7) is 4.28. The summed E-state index contributed by atoms with van der Waals surface area (Å²) >= 11 is 0. The predicted molar refractivity (Wildman–Crippen MR) is 227 cm³/mol. The Bertz CT molecular complexity index is 2340.